The van der Waals surface area contributed by atoms with Crippen molar-refractivity contribution in [1.29, 1.82) is 0 Å². The molecule has 1 atom stereocenters. The monoisotopic (exact) mass is 261 g/mol. The van der Waals surface area contributed by atoms with E-state index in [-0.39, 0.29) is 17.7 Å². The Morgan fingerprint density at radius 3 is 2.58 bits per heavy atom. The summed E-state index contributed by atoms with van der Waals surface area (Å²) in [7, 11) is 0. The Kier molecular flexibility index (Phi) is 3.45. The van der Waals surface area contributed by atoms with Crippen LogP contribution in [0.15, 0.2) is 18.2 Å². The summed E-state index contributed by atoms with van der Waals surface area (Å²) >= 11 is 0. The summed E-state index contributed by atoms with van der Waals surface area (Å²) in [4.78, 5) is 23.2. The zero-order valence-corrected chi connectivity index (χ0v) is 11.5. The van der Waals surface area contributed by atoms with E-state index in [4.69, 9.17) is 0 Å². The molecule has 2 N–H and O–H groups in total. The predicted octanol–water partition coefficient (Wildman–Crippen LogP) is 1.74. The molecule has 19 heavy (non-hydrogen) atoms. The van der Waals surface area contributed by atoms with E-state index in [1.807, 2.05) is 25.1 Å². The molecule has 0 aliphatic carbocycles. The number of amides is 2. The maximum absolute atomic E-state index is 12.0. The Morgan fingerprint density at radius 1 is 1.32 bits per heavy atom. The largest absolute Gasteiger partial charge is 0.386 e. The fourth-order valence-corrected chi connectivity index (χ4v) is 2.52. The molecule has 4 nitrogen and oxygen atoms in total. The first-order chi connectivity index (χ1) is 8.79. The van der Waals surface area contributed by atoms with Gasteiger partial charge in [-0.1, -0.05) is 23.8 Å². The average Bonchev–Trinajstić information content (AvgIpc) is 2.27. The van der Waals surface area contributed by atoms with Gasteiger partial charge in [0.05, 0.1) is 11.5 Å². The van der Waals surface area contributed by atoms with Crippen molar-refractivity contribution >= 4 is 11.8 Å². The van der Waals surface area contributed by atoms with Crippen molar-refractivity contribution in [2.75, 3.05) is 0 Å². The molecule has 0 spiro atoms. The van der Waals surface area contributed by atoms with Gasteiger partial charge in [0.25, 0.3) is 0 Å². The van der Waals surface area contributed by atoms with Gasteiger partial charge in [-0.15, -0.1) is 0 Å². The number of imide groups is 1. The first-order valence-electron chi connectivity index (χ1n) is 6.46. The number of aliphatic hydroxyl groups is 1. The minimum absolute atomic E-state index is 0.223. The molecule has 0 saturated carbocycles. The zero-order chi connectivity index (χ0) is 14.2. The molecule has 1 heterocycles. The van der Waals surface area contributed by atoms with Crippen molar-refractivity contribution < 1.29 is 14.7 Å². The summed E-state index contributed by atoms with van der Waals surface area (Å²) in [6.45, 7) is 5.35. The smallest absolute Gasteiger partial charge is 0.234 e. The molecule has 1 unspecified atom stereocenters. The Bertz CT molecular complexity index is 529. The van der Waals surface area contributed by atoms with E-state index >= 15 is 0 Å². The van der Waals surface area contributed by atoms with Gasteiger partial charge in [-0.05, 0) is 38.3 Å². The van der Waals surface area contributed by atoms with Crippen LogP contribution in [0.5, 0.6) is 0 Å². The molecular weight excluding hydrogens is 242 g/mol. The van der Waals surface area contributed by atoms with Crippen LogP contribution in [0.2, 0.25) is 0 Å². The summed E-state index contributed by atoms with van der Waals surface area (Å²) in [6.07, 6.45) is 0.840. The van der Waals surface area contributed by atoms with E-state index in [2.05, 4.69) is 5.32 Å². The molecule has 1 fully saturated rings. The lowest BCUT2D eigenvalue weighted by molar-refractivity contribution is -0.134. The number of hydrogen-bond donors (Lipinski definition) is 2. The molecule has 2 rings (SSSR count). The lowest BCUT2D eigenvalue weighted by atomic mass is 9.82. The van der Waals surface area contributed by atoms with Gasteiger partial charge >= 0.3 is 0 Å². The molecule has 4 heteroatoms. The van der Waals surface area contributed by atoms with Crippen LogP contribution >= 0.6 is 0 Å². The van der Waals surface area contributed by atoms with E-state index in [0.29, 0.717) is 12.8 Å². The number of carbonyl (C=O) groups excluding carboxylic acids is 2. The number of carbonyl (C=O) groups is 2. The van der Waals surface area contributed by atoms with E-state index in [1.165, 1.54) is 0 Å². The molecule has 0 bridgehead atoms. The number of piperidine rings is 1. The molecule has 1 aliphatic rings. The summed E-state index contributed by atoms with van der Waals surface area (Å²) in [5.41, 5.74) is 1.59. The minimum Gasteiger partial charge on any atom is -0.386 e. The van der Waals surface area contributed by atoms with Crippen molar-refractivity contribution in [3.63, 3.8) is 0 Å². The van der Waals surface area contributed by atoms with Crippen LogP contribution in [-0.2, 0) is 15.2 Å². The molecule has 1 aromatic carbocycles. The number of nitrogens with one attached hydrogen (secondary N) is 1. The normalized spacial score (nSPS) is 20.3. The second kappa shape index (κ2) is 4.78. The Labute approximate surface area is 112 Å². The lowest BCUT2D eigenvalue weighted by Crippen LogP contribution is -2.40. The van der Waals surface area contributed by atoms with Gasteiger partial charge in [-0.2, -0.15) is 0 Å². The third-order valence-electron chi connectivity index (χ3n) is 3.48. The van der Waals surface area contributed by atoms with Crippen molar-refractivity contribution in [2.45, 2.75) is 45.1 Å². The summed E-state index contributed by atoms with van der Waals surface area (Å²) in [5.74, 6) is -0.856. The molecular formula is C15H19NO3. The molecule has 1 aromatic rings. The molecule has 0 aromatic heterocycles. The lowest BCUT2D eigenvalue weighted by Gasteiger charge is -2.28. The SMILES string of the molecule is Cc1ccc(C(C)(C)O)c(C2CCC(=O)NC2=O)c1. The van der Waals surface area contributed by atoms with E-state index in [9.17, 15) is 14.7 Å². The standard InChI is InChI=1S/C15H19NO3/c1-9-4-6-12(15(2,3)19)11(8-9)10-5-7-13(17)16-14(10)18/h4,6,8,10,19H,5,7H2,1-3H3,(H,16,17,18). The second-order valence-corrected chi connectivity index (χ2v) is 5.65. The van der Waals surface area contributed by atoms with E-state index < -0.39 is 5.60 Å². The Balaban J connectivity index is 2.46. The third-order valence-corrected chi connectivity index (χ3v) is 3.48. The topological polar surface area (TPSA) is 66.4 Å². The average molecular weight is 261 g/mol. The van der Waals surface area contributed by atoms with Crippen LogP contribution in [0, 0.1) is 6.92 Å². The zero-order valence-electron chi connectivity index (χ0n) is 11.5. The third kappa shape index (κ3) is 2.84. The van der Waals surface area contributed by atoms with Crippen molar-refractivity contribution in [1.82, 2.24) is 5.32 Å². The Hall–Kier alpha value is -1.68. The summed E-state index contributed by atoms with van der Waals surface area (Å²) in [5, 5.41) is 12.6. The highest BCUT2D eigenvalue weighted by molar-refractivity contribution is 6.01. The summed E-state index contributed by atoms with van der Waals surface area (Å²) in [6, 6.07) is 5.70. The molecule has 0 radical (unpaired) electrons. The van der Waals surface area contributed by atoms with Crippen molar-refractivity contribution in [2.24, 2.45) is 0 Å². The van der Waals surface area contributed by atoms with Crippen LogP contribution in [-0.4, -0.2) is 16.9 Å². The van der Waals surface area contributed by atoms with Gasteiger partial charge in [0.15, 0.2) is 0 Å². The van der Waals surface area contributed by atoms with E-state index in [1.54, 1.807) is 13.8 Å². The molecule has 102 valence electrons. The highest BCUT2D eigenvalue weighted by Gasteiger charge is 2.32. The highest BCUT2D eigenvalue weighted by atomic mass is 16.3. The maximum Gasteiger partial charge on any atom is 0.234 e. The van der Waals surface area contributed by atoms with Crippen LogP contribution in [0.1, 0.15) is 49.3 Å². The highest BCUT2D eigenvalue weighted by Crippen LogP contribution is 2.33. The number of benzene rings is 1. The van der Waals surface area contributed by atoms with Gasteiger partial charge in [0.2, 0.25) is 11.8 Å². The van der Waals surface area contributed by atoms with Gasteiger partial charge in [0, 0.05) is 6.42 Å². The van der Waals surface area contributed by atoms with Crippen LogP contribution in [0.4, 0.5) is 0 Å². The Morgan fingerprint density at radius 2 is 2.00 bits per heavy atom. The van der Waals surface area contributed by atoms with Gasteiger partial charge in [-0.3, -0.25) is 14.9 Å². The minimum atomic E-state index is -1.01. The van der Waals surface area contributed by atoms with Crippen LogP contribution in [0.25, 0.3) is 0 Å². The van der Waals surface area contributed by atoms with Crippen LogP contribution in [0.3, 0.4) is 0 Å². The molecule has 1 saturated heterocycles. The first kappa shape index (κ1) is 13.7. The molecule has 2 amide bonds. The second-order valence-electron chi connectivity index (χ2n) is 5.65. The van der Waals surface area contributed by atoms with Crippen molar-refractivity contribution in [3.05, 3.63) is 34.9 Å². The van der Waals surface area contributed by atoms with Crippen LogP contribution < -0.4 is 5.32 Å². The van der Waals surface area contributed by atoms with Gasteiger partial charge in [0.1, 0.15) is 0 Å². The fraction of sp³-hybridized carbons (Fsp3) is 0.467. The first-order valence-corrected chi connectivity index (χ1v) is 6.46. The van der Waals surface area contributed by atoms with Gasteiger partial charge in [-0.25, -0.2) is 0 Å². The number of hydrogen-bond acceptors (Lipinski definition) is 3. The number of aryl methyl sites for hydroxylation is 1. The predicted molar refractivity (Wildman–Crippen MR) is 71.5 cm³/mol. The van der Waals surface area contributed by atoms with E-state index in [0.717, 1.165) is 16.7 Å². The number of rotatable bonds is 2. The maximum atomic E-state index is 12.0. The van der Waals surface area contributed by atoms with Crippen molar-refractivity contribution in [3.8, 4) is 0 Å². The van der Waals surface area contributed by atoms with Gasteiger partial charge < -0.3 is 5.11 Å². The summed E-state index contributed by atoms with van der Waals surface area (Å²) < 4.78 is 0. The molecule has 1 aliphatic heterocycles. The quantitative estimate of drug-likeness (QED) is 0.797. The fourth-order valence-electron chi connectivity index (χ4n) is 2.52.